The molecule has 0 aromatic heterocycles. The average molecular weight is 218 g/mol. The van der Waals surface area contributed by atoms with E-state index in [1.165, 1.54) is 0 Å². The summed E-state index contributed by atoms with van der Waals surface area (Å²) in [5, 5.41) is 0.665. The van der Waals surface area contributed by atoms with Crippen LogP contribution < -0.4 is 0 Å². The van der Waals surface area contributed by atoms with Gasteiger partial charge in [0.05, 0.1) is 5.69 Å². The molecule has 0 saturated heterocycles. The molecule has 0 N–H and O–H groups in total. The highest BCUT2D eigenvalue weighted by molar-refractivity contribution is 7.93. The number of hydrogen-bond donors (Lipinski definition) is 0. The first-order valence-corrected chi connectivity index (χ1v) is 6.46. The molecule has 0 aliphatic heterocycles. The molecular weight excluding hydrogens is 206 g/mol. The normalized spacial score (nSPS) is 15.0. The summed E-state index contributed by atoms with van der Waals surface area (Å²) in [7, 11) is -2.05. The molecule has 1 aromatic rings. The lowest BCUT2D eigenvalue weighted by Crippen LogP contribution is -1.97. The SMILES string of the molecule is CCS(C)(=O)=Nc1ccc(Cl)cc1. The Labute approximate surface area is 84.1 Å². The third-order valence-corrected chi connectivity index (χ3v) is 3.58. The second-order valence-corrected chi connectivity index (χ2v) is 5.93. The van der Waals surface area contributed by atoms with E-state index in [0.717, 1.165) is 5.69 Å². The van der Waals surface area contributed by atoms with Gasteiger partial charge < -0.3 is 0 Å². The van der Waals surface area contributed by atoms with E-state index in [9.17, 15) is 4.21 Å². The number of halogens is 1. The zero-order chi connectivity index (χ0) is 9.90. The van der Waals surface area contributed by atoms with E-state index < -0.39 is 9.73 Å². The number of hydrogen-bond acceptors (Lipinski definition) is 2. The van der Waals surface area contributed by atoms with E-state index >= 15 is 0 Å². The molecule has 0 spiro atoms. The predicted molar refractivity (Wildman–Crippen MR) is 58.1 cm³/mol. The minimum atomic E-state index is -2.05. The lowest BCUT2D eigenvalue weighted by molar-refractivity contribution is 0.681. The molecule has 4 heteroatoms. The van der Waals surface area contributed by atoms with E-state index in [-0.39, 0.29) is 0 Å². The zero-order valence-electron chi connectivity index (χ0n) is 7.66. The Balaban J connectivity index is 3.06. The molecule has 1 rings (SSSR count). The molecule has 0 saturated carbocycles. The Kier molecular flexibility index (Phi) is 3.33. The van der Waals surface area contributed by atoms with Crippen molar-refractivity contribution < 1.29 is 4.21 Å². The maximum atomic E-state index is 11.6. The van der Waals surface area contributed by atoms with Crippen molar-refractivity contribution in [2.75, 3.05) is 12.0 Å². The highest BCUT2D eigenvalue weighted by Crippen LogP contribution is 2.17. The molecule has 1 atom stereocenters. The minimum absolute atomic E-state index is 0.565. The Bertz CT molecular complexity index is 391. The smallest absolute Gasteiger partial charge is 0.0731 e. The van der Waals surface area contributed by atoms with E-state index in [2.05, 4.69) is 4.36 Å². The predicted octanol–water partition coefficient (Wildman–Crippen LogP) is 3.09. The number of nitrogens with zero attached hydrogens (tertiary/aromatic N) is 1. The summed E-state index contributed by atoms with van der Waals surface area (Å²) in [5.41, 5.74) is 0.721. The third-order valence-electron chi connectivity index (χ3n) is 1.66. The first kappa shape index (κ1) is 10.5. The molecular formula is C9H12ClNOS. The molecule has 72 valence electrons. The summed E-state index contributed by atoms with van der Waals surface area (Å²) in [6.45, 7) is 1.86. The number of benzene rings is 1. The zero-order valence-corrected chi connectivity index (χ0v) is 9.23. The van der Waals surface area contributed by atoms with Gasteiger partial charge in [0.2, 0.25) is 0 Å². The van der Waals surface area contributed by atoms with Gasteiger partial charge in [-0.15, -0.1) is 0 Å². The maximum absolute atomic E-state index is 11.6. The van der Waals surface area contributed by atoms with Crippen molar-refractivity contribution in [2.45, 2.75) is 6.92 Å². The Morgan fingerprint density at radius 2 is 1.92 bits per heavy atom. The standard InChI is InChI=1S/C9H12ClNOS/c1-3-13(2,12)11-9-6-4-8(10)5-7-9/h4-7H,3H2,1-2H3. The van der Waals surface area contributed by atoms with Crippen molar-refractivity contribution in [3.63, 3.8) is 0 Å². The molecule has 0 fully saturated rings. The van der Waals surface area contributed by atoms with Gasteiger partial charge >= 0.3 is 0 Å². The minimum Gasteiger partial charge on any atom is -0.250 e. The van der Waals surface area contributed by atoms with E-state index in [0.29, 0.717) is 10.8 Å². The molecule has 1 unspecified atom stereocenters. The van der Waals surface area contributed by atoms with Crippen LogP contribution in [0.15, 0.2) is 28.6 Å². The molecule has 0 bridgehead atoms. The van der Waals surface area contributed by atoms with Crippen LogP contribution in [0.4, 0.5) is 5.69 Å². The van der Waals surface area contributed by atoms with Crippen molar-refractivity contribution >= 4 is 27.0 Å². The first-order valence-electron chi connectivity index (χ1n) is 3.99. The molecule has 0 amide bonds. The van der Waals surface area contributed by atoms with Gasteiger partial charge in [0.1, 0.15) is 0 Å². The Hall–Kier alpha value is -0.540. The van der Waals surface area contributed by atoms with Crippen LogP contribution in [0.3, 0.4) is 0 Å². The fourth-order valence-electron chi connectivity index (χ4n) is 0.789. The molecule has 13 heavy (non-hydrogen) atoms. The molecule has 0 aliphatic rings. The summed E-state index contributed by atoms with van der Waals surface area (Å²) in [6, 6.07) is 7.01. The highest BCUT2D eigenvalue weighted by atomic mass is 35.5. The third kappa shape index (κ3) is 3.36. The molecule has 1 aromatic carbocycles. The van der Waals surface area contributed by atoms with E-state index in [1.54, 1.807) is 30.5 Å². The van der Waals surface area contributed by atoms with Crippen molar-refractivity contribution in [3.05, 3.63) is 29.3 Å². The van der Waals surface area contributed by atoms with Gasteiger partial charge in [0.15, 0.2) is 0 Å². The summed E-state index contributed by atoms with van der Waals surface area (Å²) >= 11 is 5.70. The fourth-order valence-corrected chi connectivity index (χ4v) is 1.61. The Morgan fingerprint density at radius 3 is 2.38 bits per heavy atom. The fraction of sp³-hybridized carbons (Fsp3) is 0.333. The summed E-state index contributed by atoms with van der Waals surface area (Å²) in [5.74, 6) is 0.565. The molecule has 0 radical (unpaired) electrons. The van der Waals surface area contributed by atoms with Crippen LogP contribution in [-0.2, 0) is 9.73 Å². The van der Waals surface area contributed by atoms with Crippen molar-refractivity contribution in [1.82, 2.24) is 0 Å². The van der Waals surface area contributed by atoms with Crippen LogP contribution in [0.25, 0.3) is 0 Å². The summed E-state index contributed by atoms with van der Waals surface area (Å²) in [6.07, 6.45) is 1.65. The van der Waals surface area contributed by atoms with Crippen LogP contribution in [0, 0.1) is 0 Å². The molecule has 0 aliphatic carbocycles. The van der Waals surface area contributed by atoms with Crippen LogP contribution in [0.2, 0.25) is 5.02 Å². The van der Waals surface area contributed by atoms with E-state index in [4.69, 9.17) is 11.6 Å². The van der Waals surface area contributed by atoms with Gasteiger partial charge in [-0.3, -0.25) is 0 Å². The van der Waals surface area contributed by atoms with Gasteiger partial charge in [0, 0.05) is 26.8 Å². The lowest BCUT2D eigenvalue weighted by atomic mass is 10.3. The van der Waals surface area contributed by atoms with Crippen LogP contribution >= 0.6 is 11.6 Å². The molecule has 0 heterocycles. The van der Waals surface area contributed by atoms with Gasteiger partial charge in [-0.25, -0.2) is 4.21 Å². The summed E-state index contributed by atoms with van der Waals surface area (Å²) in [4.78, 5) is 0. The quantitative estimate of drug-likeness (QED) is 0.749. The Morgan fingerprint density at radius 1 is 1.38 bits per heavy atom. The van der Waals surface area contributed by atoms with Crippen molar-refractivity contribution in [1.29, 1.82) is 0 Å². The van der Waals surface area contributed by atoms with Gasteiger partial charge in [-0.1, -0.05) is 18.5 Å². The van der Waals surface area contributed by atoms with E-state index in [1.807, 2.05) is 6.92 Å². The molecule has 2 nitrogen and oxygen atoms in total. The van der Waals surface area contributed by atoms with Crippen LogP contribution in [0.5, 0.6) is 0 Å². The monoisotopic (exact) mass is 217 g/mol. The lowest BCUT2D eigenvalue weighted by Gasteiger charge is -1.99. The topological polar surface area (TPSA) is 29.4 Å². The second-order valence-electron chi connectivity index (χ2n) is 2.82. The van der Waals surface area contributed by atoms with Crippen LogP contribution in [0.1, 0.15) is 6.92 Å². The first-order chi connectivity index (χ1) is 6.03. The van der Waals surface area contributed by atoms with Gasteiger partial charge in [0.25, 0.3) is 0 Å². The average Bonchev–Trinajstić information content (AvgIpc) is 2.09. The largest absolute Gasteiger partial charge is 0.250 e. The summed E-state index contributed by atoms with van der Waals surface area (Å²) < 4.78 is 15.7. The maximum Gasteiger partial charge on any atom is 0.0731 e. The van der Waals surface area contributed by atoms with Crippen molar-refractivity contribution in [2.24, 2.45) is 4.36 Å². The second kappa shape index (κ2) is 4.11. The van der Waals surface area contributed by atoms with Crippen LogP contribution in [-0.4, -0.2) is 16.2 Å². The van der Waals surface area contributed by atoms with Gasteiger partial charge in [-0.05, 0) is 24.3 Å². The van der Waals surface area contributed by atoms with Crippen molar-refractivity contribution in [3.8, 4) is 0 Å². The highest BCUT2D eigenvalue weighted by Gasteiger charge is 1.97. The van der Waals surface area contributed by atoms with Gasteiger partial charge in [-0.2, -0.15) is 4.36 Å². The number of rotatable bonds is 2.